The van der Waals surface area contributed by atoms with Crippen molar-refractivity contribution in [3.05, 3.63) is 0 Å². The van der Waals surface area contributed by atoms with Crippen LogP contribution in [0.25, 0.3) is 0 Å². The predicted molar refractivity (Wildman–Crippen MR) is 59.4 cm³/mol. The van der Waals surface area contributed by atoms with Gasteiger partial charge in [-0.25, -0.2) is 5.48 Å². The summed E-state index contributed by atoms with van der Waals surface area (Å²) in [5, 5.41) is 11.8. The maximum Gasteiger partial charge on any atom is 0.245 e. The van der Waals surface area contributed by atoms with Crippen LogP contribution in [0.15, 0.2) is 0 Å². The highest BCUT2D eigenvalue weighted by molar-refractivity contribution is 5.76. The van der Waals surface area contributed by atoms with Gasteiger partial charge in [0.05, 0.1) is 13.2 Å². The third kappa shape index (κ3) is 2.60. The molecule has 1 spiro atoms. The quantitative estimate of drug-likeness (QED) is 0.487. The van der Waals surface area contributed by atoms with E-state index in [0.717, 1.165) is 25.7 Å². The second-order valence-electron chi connectivity index (χ2n) is 4.85. The van der Waals surface area contributed by atoms with Gasteiger partial charge in [0.25, 0.3) is 0 Å². The molecule has 6 nitrogen and oxygen atoms in total. The maximum atomic E-state index is 11.3. The molecular formula is C11H20N2O4. The SMILES string of the molecule is CNC1(CC(=O)NO)CCC2(CC1)OCCO2. The van der Waals surface area contributed by atoms with Crippen LogP contribution in [0.3, 0.4) is 0 Å². The predicted octanol–water partition coefficient (Wildman–Crippen LogP) is 0.157. The summed E-state index contributed by atoms with van der Waals surface area (Å²) in [5.41, 5.74) is 1.43. The van der Waals surface area contributed by atoms with Gasteiger partial charge < -0.3 is 14.8 Å². The fraction of sp³-hybridized carbons (Fsp3) is 0.909. The number of amides is 1. The molecular weight excluding hydrogens is 224 g/mol. The highest BCUT2D eigenvalue weighted by Crippen LogP contribution is 2.41. The lowest BCUT2D eigenvalue weighted by Gasteiger charge is -2.43. The van der Waals surface area contributed by atoms with Crippen molar-refractivity contribution >= 4 is 5.91 Å². The Labute approximate surface area is 101 Å². The molecule has 1 aliphatic heterocycles. The summed E-state index contributed by atoms with van der Waals surface area (Å²) in [6, 6.07) is 0. The minimum atomic E-state index is -0.421. The van der Waals surface area contributed by atoms with Crippen molar-refractivity contribution < 1.29 is 19.5 Å². The van der Waals surface area contributed by atoms with Crippen molar-refractivity contribution in [3.8, 4) is 0 Å². The van der Waals surface area contributed by atoms with Crippen LogP contribution in [-0.2, 0) is 14.3 Å². The maximum absolute atomic E-state index is 11.3. The van der Waals surface area contributed by atoms with Gasteiger partial charge in [0.1, 0.15) is 0 Å². The van der Waals surface area contributed by atoms with Gasteiger partial charge in [0, 0.05) is 24.8 Å². The standard InChI is InChI=1S/C11H20N2O4/c1-12-10(8-9(14)13-15)2-4-11(5-3-10)16-6-7-17-11/h12,15H,2-8H2,1H3,(H,13,14). The zero-order valence-corrected chi connectivity index (χ0v) is 10.1. The van der Waals surface area contributed by atoms with Gasteiger partial charge in [0.2, 0.25) is 5.91 Å². The van der Waals surface area contributed by atoms with Crippen molar-refractivity contribution in [2.45, 2.75) is 43.4 Å². The van der Waals surface area contributed by atoms with E-state index in [9.17, 15) is 4.79 Å². The molecule has 0 bridgehead atoms. The topological polar surface area (TPSA) is 79.8 Å². The van der Waals surface area contributed by atoms with Gasteiger partial charge in [-0.05, 0) is 19.9 Å². The van der Waals surface area contributed by atoms with Crippen molar-refractivity contribution in [1.29, 1.82) is 0 Å². The monoisotopic (exact) mass is 244 g/mol. The van der Waals surface area contributed by atoms with E-state index in [4.69, 9.17) is 14.7 Å². The fourth-order valence-electron chi connectivity index (χ4n) is 2.76. The number of rotatable bonds is 3. The Morgan fingerprint density at radius 3 is 2.29 bits per heavy atom. The third-order valence-corrected chi connectivity index (χ3v) is 3.94. The Kier molecular flexibility index (Phi) is 3.67. The first-order valence-corrected chi connectivity index (χ1v) is 6.03. The first-order chi connectivity index (χ1) is 8.14. The summed E-state index contributed by atoms with van der Waals surface area (Å²) in [5.74, 6) is -0.778. The molecule has 17 heavy (non-hydrogen) atoms. The minimum Gasteiger partial charge on any atom is -0.348 e. The lowest BCUT2D eigenvalue weighted by molar-refractivity contribution is -0.187. The number of hydroxylamine groups is 1. The van der Waals surface area contributed by atoms with Crippen molar-refractivity contribution in [1.82, 2.24) is 10.8 Å². The molecule has 3 N–H and O–H groups in total. The van der Waals surface area contributed by atoms with Gasteiger partial charge in [-0.3, -0.25) is 10.0 Å². The van der Waals surface area contributed by atoms with Crippen LogP contribution in [0.5, 0.6) is 0 Å². The molecule has 0 aromatic heterocycles. The fourth-order valence-corrected chi connectivity index (χ4v) is 2.76. The number of carbonyl (C=O) groups excluding carboxylic acids is 1. The molecule has 98 valence electrons. The Hall–Kier alpha value is -0.690. The van der Waals surface area contributed by atoms with Crippen LogP contribution < -0.4 is 10.8 Å². The zero-order valence-electron chi connectivity index (χ0n) is 10.1. The van der Waals surface area contributed by atoms with Crippen LogP contribution in [-0.4, -0.2) is 42.7 Å². The van der Waals surface area contributed by atoms with E-state index in [0.29, 0.717) is 13.2 Å². The molecule has 2 fully saturated rings. The molecule has 1 amide bonds. The van der Waals surface area contributed by atoms with Gasteiger partial charge >= 0.3 is 0 Å². The van der Waals surface area contributed by atoms with Crippen molar-refractivity contribution in [2.24, 2.45) is 0 Å². The summed E-state index contributed by atoms with van der Waals surface area (Å²) < 4.78 is 11.3. The minimum absolute atomic E-state index is 0.257. The molecule has 0 atom stereocenters. The molecule has 1 saturated heterocycles. The largest absolute Gasteiger partial charge is 0.348 e. The Bertz CT molecular complexity index is 279. The Morgan fingerprint density at radius 1 is 1.24 bits per heavy atom. The number of ether oxygens (including phenoxy) is 2. The van der Waals surface area contributed by atoms with Gasteiger partial charge in [-0.2, -0.15) is 0 Å². The molecule has 0 radical (unpaired) electrons. The third-order valence-electron chi connectivity index (χ3n) is 3.94. The lowest BCUT2D eigenvalue weighted by Crippen LogP contribution is -2.52. The van der Waals surface area contributed by atoms with E-state index >= 15 is 0 Å². The highest BCUT2D eigenvalue weighted by Gasteiger charge is 2.46. The average Bonchev–Trinajstić information content (AvgIpc) is 2.81. The number of hydrogen-bond acceptors (Lipinski definition) is 5. The molecule has 6 heteroatoms. The van der Waals surface area contributed by atoms with Gasteiger partial charge in [-0.15, -0.1) is 0 Å². The second kappa shape index (κ2) is 4.89. The number of carbonyl (C=O) groups is 1. The smallest absolute Gasteiger partial charge is 0.245 e. The van der Waals surface area contributed by atoms with Crippen LogP contribution in [0.2, 0.25) is 0 Å². The summed E-state index contributed by atoms with van der Waals surface area (Å²) in [7, 11) is 1.85. The lowest BCUT2D eigenvalue weighted by atomic mass is 9.76. The van der Waals surface area contributed by atoms with Crippen molar-refractivity contribution in [2.75, 3.05) is 20.3 Å². The van der Waals surface area contributed by atoms with E-state index in [2.05, 4.69) is 5.32 Å². The molecule has 0 aromatic carbocycles. The summed E-state index contributed by atoms with van der Waals surface area (Å²) in [6.07, 6.45) is 3.45. The van der Waals surface area contributed by atoms with Crippen molar-refractivity contribution in [3.63, 3.8) is 0 Å². The second-order valence-corrected chi connectivity index (χ2v) is 4.85. The molecule has 1 heterocycles. The Balaban J connectivity index is 1.96. The molecule has 0 unspecified atom stereocenters. The molecule has 2 rings (SSSR count). The van der Waals surface area contributed by atoms with E-state index in [1.807, 2.05) is 7.05 Å². The van der Waals surface area contributed by atoms with Crippen LogP contribution in [0, 0.1) is 0 Å². The first kappa shape index (κ1) is 12.8. The van der Waals surface area contributed by atoms with Crippen LogP contribution in [0.1, 0.15) is 32.1 Å². The van der Waals surface area contributed by atoms with E-state index in [1.54, 1.807) is 5.48 Å². The first-order valence-electron chi connectivity index (χ1n) is 6.03. The van der Waals surface area contributed by atoms with Crippen LogP contribution >= 0.6 is 0 Å². The highest BCUT2D eigenvalue weighted by atomic mass is 16.7. The normalized spacial score (nSPS) is 26.0. The molecule has 2 aliphatic rings. The van der Waals surface area contributed by atoms with Gasteiger partial charge in [0.15, 0.2) is 5.79 Å². The number of nitrogens with one attached hydrogen (secondary N) is 2. The summed E-state index contributed by atoms with van der Waals surface area (Å²) in [6.45, 7) is 1.31. The van der Waals surface area contributed by atoms with E-state index < -0.39 is 5.79 Å². The van der Waals surface area contributed by atoms with E-state index in [1.165, 1.54) is 0 Å². The molecule has 0 aromatic rings. The number of hydrogen-bond donors (Lipinski definition) is 3. The summed E-state index contributed by atoms with van der Waals surface area (Å²) >= 11 is 0. The molecule has 1 saturated carbocycles. The van der Waals surface area contributed by atoms with Crippen LogP contribution in [0.4, 0.5) is 0 Å². The Morgan fingerprint density at radius 2 is 1.82 bits per heavy atom. The van der Waals surface area contributed by atoms with Gasteiger partial charge in [-0.1, -0.05) is 0 Å². The average molecular weight is 244 g/mol. The summed E-state index contributed by atoms with van der Waals surface area (Å²) in [4.78, 5) is 11.3. The van der Waals surface area contributed by atoms with E-state index in [-0.39, 0.29) is 17.9 Å². The molecule has 1 aliphatic carbocycles. The zero-order chi connectivity index (χ0) is 12.4.